The van der Waals surface area contributed by atoms with E-state index in [1.54, 1.807) is 9.75 Å². The minimum Gasteiger partial charge on any atom is -0.144 e. The molecule has 2 heterocycles. The molecule has 0 aliphatic rings. The lowest BCUT2D eigenvalue weighted by atomic mass is 9.80. The highest BCUT2D eigenvalue weighted by molar-refractivity contribution is 7.12. The molecule has 196 valence electrons. The summed E-state index contributed by atoms with van der Waals surface area (Å²) in [5.41, 5.74) is 4.54. The van der Waals surface area contributed by atoms with Crippen LogP contribution >= 0.6 is 22.7 Å². The van der Waals surface area contributed by atoms with E-state index in [2.05, 4.69) is 137 Å². The molecule has 0 amide bonds. The Balaban J connectivity index is 0.000000340. The topological polar surface area (TPSA) is 0 Å². The quantitative estimate of drug-likeness (QED) is 0.334. The number of hydrogen-bond donors (Lipinski definition) is 0. The minimum atomic E-state index is 0.239. The van der Waals surface area contributed by atoms with E-state index in [9.17, 15) is 0 Å². The van der Waals surface area contributed by atoms with Crippen LogP contribution in [0.15, 0.2) is 12.1 Å². The normalized spacial score (nSPS) is 14.2. The Morgan fingerprint density at radius 1 is 0.353 bits per heavy atom. The predicted molar refractivity (Wildman–Crippen MR) is 161 cm³/mol. The molecule has 0 aliphatic carbocycles. The third-order valence-corrected chi connectivity index (χ3v) is 9.89. The fraction of sp³-hybridized carbons (Fsp3) is 0.750. The molecule has 2 rings (SSSR count). The van der Waals surface area contributed by atoms with Crippen LogP contribution in [0.5, 0.6) is 0 Å². The van der Waals surface area contributed by atoms with Gasteiger partial charge in [-0.25, -0.2) is 0 Å². The molecule has 0 spiro atoms. The first-order valence-corrected chi connectivity index (χ1v) is 14.6. The molecule has 0 atom stereocenters. The molecule has 0 saturated carbocycles. The minimum absolute atomic E-state index is 0.239. The zero-order valence-electron chi connectivity index (χ0n) is 26.0. The summed E-state index contributed by atoms with van der Waals surface area (Å²) in [4.78, 5) is 6.12. The van der Waals surface area contributed by atoms with Crippen molar-refractivity contribution in [1.29, 1.82) is 0 Å². The summed E-state index contributed by atoms with van der Waals surface area (Å²) >= 11 is 4.00. The number of hydrogen-bond acceptors (Lipinski definition) is 2. The zero-order valence-corrected chi connectivity index (χ0v) is 27.6. The Hall–Kier alpha value is -0.600. The molecule has 2 heteroatoms. The summed E-state index contributed by atoms with van der Waals surface area (Å²) in [6.07, 6.45) is 0. The van der Waals surface area contributed by atoms with Crippen LogP contribution in [0.25, 0.3) is 0 Å². The second-order valence-electron chi connectivity index (χ2n) is 16.2. The van der Waals surface area contributed by atoms with E-state index >= 15 is 0 Å². The van der Waals surface area contributed by atoms with Crippen LogP contribution in [-0.2, 0) is 32.5 Å². The van der Waals surface area contributed by atoms with Crippen molar-refractivity contribution in [2.24, 2.45) is 0 Å². The summed E-state index contributed by atoms with van der Waals surface area (Å²) in [5, 5.41) is 0. The Kier molecular flexibility index (Phi) is 8.96. The summed E-state index contributed by atoms with van der Waals surface area (Å²) in [6.45, 7) is 41.6. The second-order valence-corrected chi connectivity index (χ2v) is 18.3. The lowest BCUT2D eigenvalue weighted by Gasteiger charge is -2.26. The standard InChI is InChI=1S/2C16H28S/c2*1-14(2,3)11-10-12(15(4,5)6)17-13(11)16(7,8)9/h2*10H,1-9H3. The van der Waals surface area contributed by atoms with Gasteiger partial charge in [0.05, 0.1) is 0 Å². The van der Waals surface area contributed by atoms with E-state index in [-0.39, 0.29) is 32.5 Å². The number of rotatable bonds is 0. The lowest BCUT2D eigenvalue weighted by Crippen LogP contribution is -2.19. The van der Waals surface area contributed by atoms with Crippen LogP contribution in [-0.4, -0.2) is 0 Å². The SMILES string of the molecule is CC(C)(C)c1cc(C(C)(C)C)c(C(C)(C)C)s1.CC(C)(C)c1cc(C(C)(C)C)c(C(C)(C)C)s1. The van der Waals surface area contributed by atoms with Crippen LogP contribution in [0.2, 0.25) is 0 Å². The van der Waals surface area contributed by atoms with E-state index in [0.29, 0.717) is 0 Å². The molecular weight excluding hydrogens is 448 g/mol. The Morgan fingerprint density at radius 3 is 0.706 bits per heavy atom. The first-order chi connectivity index (χ1) is 14.7. The van der Waals surface area contributed by atoms with Gasteiger partial charge < -0.3 is 0 Å². The zero-order chi connectivity index (χ0) is 27.3. The lowest BCUT2D eigenvalue weighted by molar-refractivity contribution is 0.540. The molecule has 0 aromatic carbocycles. The van der Waals surface area contributed by atoms with Crippen molar-refractivity contribution in [3.05, 3.63) is 42.8 Å². The summed E-state index contributed by atoms with van der Waals surface area (Å²) in [5.74, 6) is 0. The van der Waals surface area contributed by atoms with Crippen molar-refractivity contribution < 1.29 is 0 Å². The van der Waals surface area contributed by atoms with Gasteiger partial charge in [-0.3, -0.25) is 0 Å². The van der Waals surface area contributed by atoms with Gasteiger partial charge in [0.2, 0.25) is 0 Å². The molecule has 0 radical (unpaired) electrons. The maximum absolute atomic E-state index is 2.44. The Morgan fingerprint density at radius 2 is 0.588 bits per heavy atom. The fourth-order valence-corrected chi connectivity index (χ4v) is 6.72. The largest absolute Gasteiger partial charge is 0.144 e. The average Bonchev–Trinajstić information content (AvgIpc) is 3.18. The first-order valence-electron chi connectivity index (χ1n) is 13.0. The molecule has 0 saturated heterocycles. The highest BCUT2D eigenvalue weighted by Gasteiger charge is 2.31. The Labute approximate surface area is 222 Å². The summed E-state index contributed by atoms with van der Waals surface area (Å²) in [6, 6.07) is 4.87. The summed E-state index contributed by atoms with van der Waals surface area (Å²) < 4.78 is 0. The van der Waals surface area contributed by atoms with Crippen LogP contribution in [0.4, 0.5) is 0 Å². The van der Waals surface area contributed by atoms with Crippen molar-refractivity contribution in [3.63, 3.8) is 0 Å². The average molecular weight is 505 g/mol. The first kappa shape index (κ1) is 31.4. The van der Waals surface area contributed by atoms with Crippen molar-refractivity contribution in [1.82, 2.24) is 0 Å². The fourth-order valence-electron chi connectivity index (χ4n) is 3.75. The molecule has 0 N–H and O–H groups in total. The monoisotopic (exact) mass is 504 g/mol. The molecule has 2 aromatic heterocycles. The van der Waals surface area contributed by atoms with Crippen molar-refractivity contribution in [3.8, 4) is 0 Å². The molecule has 0 aliphatic heterocycles. The predicted octanol–water partition coefficient (Wildman–Crippen LogP) is 11.3. The van der Waals surface area contributed by atoms with Crippen LogP contribution in [0.1, 0.15) is 155 Å². The third-order valence-electron chi connectivity index (χ3n) is 5.92. The smallest absolute Gasteiger partial charge is 0.0139 e. The molecule has 0 unspecified atom stereocenters. The van der Waals surface area contributed by atoms with Gasteiger partial charge in [-0.05, 0) is 55.7 Å². The van der Waals surface area contributed by atoms with Gasteiger partial charge in [-0.2, -0.15) is 0 Å². The molecule has 2 aromatic rings. The van der Waals surface area contributed by atoms with Gasteiger partial charge in [0.1, 0.15) is 0 Å². The second kappa shape index (κ2) is 9.70. The highest BCUT2D eigenvalue weighted by Crippen LogP contribution is 2.44. The Bertz CT molecular complexity index is 795. The van der Waals surface area contributed by atoms with Crippen LogP contribution in [0, 0.1) is 0 Å². The molecular formula is C32H56S2. The van der Waals surface area contributed by atoms with Gasteiger partial charge in [0.15, 0.2) is 0 Å². The third kappa shape index (κ3) is 8.22. The van der Waals surface area contributed by atoms with Gasteiger partial charge in [-0.15, -0.1) is 22.7 Å². The van der Waals surface area contributed by atoms with E-state index in [1.165, 1.54) is 20.9 Å². The van der Waals surface area contributed by atoms with Gasteiger partial charge in [0, 0.05) is 19.5 Å². The van der Waals surface area contributed by atoms with E-state index in [0.717, 1.165) is 0 Å². The van der Waals surface area contributed by atoms with Gasteiger partial charge in [-0.1, -0.05) is 125 Å². The van der Waals surface area contributed by atoms with E-state index in [1.807, 2.05) is 22.7 Å². The summed E-state index contributed by atoms with van der Waals surface area (Å²) in [7, 11) is 0. The van der Waals surface area contributed by atoms with Gasteiger partial charge >= 0.3 is 0 Å². The maximum atomic E-state index is 2.44. The van der Waals surface area contributed by atoms with Crippen LogP contribution in [0.3, 0.4) is 0 Å². The maximum Gasteiger partial charge on any atom is 0.0139 e. The van der Waals surface area contributed by atoms with Crippen LogP contribution < -0.4 is 0 Å². The molecule has 0 nitrogen and oxygen atoms in total. The molecule has 0 fully saturated rings. The number of thiophene rings is 2. The van der Waals surface area contributed by atoms with Crippen molar-refractivity contribution in [2.75, 3.05) is 0 Å². The highest BCUT2D eigenvalue weighted by atomic mass is 32.1. The molecule has 0 bridgehead atoms. The van der Waals surface area contributed by atoms with E-state index < -0.39 is 0 Å². The molecule has 34 heavy (non-hydrogen) atoms. The van der Waals surface area contributed by atoms with Crippen molar-refractivity contribution >= 4 is 22.7 Å². The van der Waals surface area contributed by atoms with Crippen molar-refractivity contribution in [2.45, 2.75) is 157 Å². The van der Waals surface area contributed by atoms with Gasteiger partial charge in [0.25, 0.3) is 0 Å². The van der Waals surface area contributed by atoms with E-state index in [4.69, 9.17) is 0 Å².